The van der Waals surface area contributed by atoms with Crippen molar-refractivity contribution >= 4 is 95.0 Å². The summed E-state index contributed by atoms with van der Waals surface area (Å²) in [6.07, 6.45) is 15.7. The van der Waals surface area contributed by atoms with Crippen LogP contribution in [0, 0.1) is 69.2 Å². The monoisotopic (exact) mass is 1140 g/mol. The molecule has 1 N–H and O–H groups in total. The lowest BCUT2D eigenvalue weighted by atomic mass is 10.0. The van der Waals surface area contributed by atoms with Crippen LogP contribution in [0.2, 0.25) is 0 Å². The highest BCUT2D eigenvalue weighted by Crippen LogP contribution is 2.30. The maximum atomic E-state index is 10.6. The van der Waals surface area contributed by atoms with Gasteiger partial charge in [-0.2, -0.15) is 4.89 Å². The lowest BCUT2D eigenvalue weighted by molar-refractivity contribution is -0.266. The molecule has 0 amide bonds. The van der Waals surface area contributed by atoms with Gasteiger partial charge in [-0.05, 0) is 166 Å². The van der Waals surface area contributed by atoms with Crippen molar-refractivity contribution in [1.29, 1.82) is 0 Å². The van der Waals surface area contributed by atoms with Crippen molar-refractivity contribution in [3.05, 3.63) is 101 Å². The van der Waals surface area contributed by atoms with Crippen molar-refractivity contribution in [3.8, 4) is 5.75 Å². The summed E-state index contributed by atoms with van der Waals surface area (Å²) in [5.74, 6) is 0.00249. The third kappa shape index (κ3) is 31.7. The first-order chi connectivity index (χ1) is 36.0. The van der Waals surface area contributed by atoms with Gasteiger partial charge in [-0.15, -0.1) is 56.7 Å². The molecule has 0 aliphatic rings. The van der Waals surface area contributed by atoms with Gasteiger partial charge in [-0.1, -0.05) is 38.5 Å². The van der Waals surface area contributed by atoms with E-state index in [2.05, 4.69) is 63.8 Å². The molecule has 0 bridgehead atoms. The molecular formula is C56H80O14S5. The molecule has 0 unspecified atom stereocenters. The van der Waals surface area contributed by atoms with Crippen LogP contribution in [0.5, 0.6) is 5.75 Å². The van der Waals surface area contributed by atoms with Crippen LogP contribution >= 0.6 is 56.7 Å². The van der Waals surface area contributed by atoms with E-state index in [4.69, 9.17) is 14.6 Å². The zero-order valence-corrected chi connectivity index (χ0v) is 49.7. The van der Waals surface area contributed by atoms with Crippen LogP contribution in [-0.2, 0) is 89.8 Å². The van der Waals surface area contributed by atoms with Gasteiger partial charge in [0.05, 0.1) is 19.8 Å². The van der Waals surface area contributed by atoms with Gasteiger partial charge >= 0.3 is 12.4 Å². The Hall–Kier alpha value is -4.92. The maximum absolute atomic E-state index is 10.6. The lowest BCUT2D eigenvalue weighted by Crippen LogP contribution is -2.03. The number of rotatable bonds is 33. The number of aliphatic carboxylic acids is 1. The second-order valence-corrected chi connectivity index (χ2v) is 24.6. The first-order valence-electron chi connectivity index (χ1n) is 25.1. The fourth-order valence-electron chi connectivity index (χ4n) is 7.72. The summed E-state index contributed by atoms with van der Waals surface area (Å²) in [4.78, 5) is 81.6. The smallest absolute Gasteiger partial charge is 0.330 e. The summed E-state index contributed by atoms with van der Waals surface area (Å²) in [6.45, 7) is 24.7. The normalized spacial score (nSPS) is 10.2. The number of unbranched alkanes of at least 4 members (excludes halogenated alkanes) is 8. The van der Waals surface area contributed by atoms with Gasteiger partial charge in [-0.3, -0.25) is 28.8 Å². The van der Waals surface area contributed by atoms with Crippen LogP contribution in [0.15, 0.2) is 24.3 Å². The van der Waals surface area contributed by atoms with Gasteiger partial charge in [0.25, 0.3) is 25.9 Å². The highest BCUT2D eigenvalue weighted by molar-refractivity contribution is 7.13. The van der Waals surface area contributed by atoms with Gasteiger partial charge < -0.3 is 33.7 Å². The Labute approximate surface area is 465 Å². The van der Waals surface area contributed by atoms with E-state index in [1.54, 1.807) is 34.0 Å². The number of ether oxygens (including phenoxy) is 5. The highest BCUT2D eigenvalue weighted by atomic mass is 32.1. The molecule has 0 spiro atoms. The van der Waals surface area contributed by atoms with Crippen LogP contribution in [-0.4, -0.2) is 70.1 Å². The molecule has 0 aliphatic carbocycles. The molecule has 418 valence electrons. The average Bonchev–Trinajstić information content (AvgIpc) is 4.14. The summed E-state index contributed by atoms with van der Waals surface area (Å²) >= 11 is 8.82. The van der Waals surface area contributed by atoms with Crippen molar-refractivity contribution in [2.45, 2.75) is 172 Å². The number of carbonyl (C=O) groups excluding carboxylic acids is 5. The minimum atomic E-state index is -0.789. The van der Waals surface area contributed by atoms with Crippen molar-refractivity contribution in [3.63, 3.8) is 0 Å². The highest BCUT2D eigenvalue weighted by Gasteiger charge is 2.14. The van der Waals surface area contributed by atoms with Crippen LogP contribution in [0.3, 0.4) is 0 Å². The zero-order valence-electron chi connectivity index (χ0n) is 45.6. The predicted octanol–water partition coefficient (Wildman–Crippen LogP) is 14.0. The quantitative estimate of drug-likeness (QED) is 0.0104. The largest absolute Gasteiger partial charge is 0.481 e. The first kappa shape index (κ1) is 68.1. The van der Waals surface area contributed by atoms with E-state index in [0.717, 1.165) is 51.5 Å². The van der Waals surface area contributed by atoms with Crippen LogP contribution in [0.4, 0.5) is 0 Å². The summed E-state index contributed by atoms with van der Waals surface area (Å²) in [5.41, 5.74) is 6.35. The average molecular weight is 1140 g/mol. The summed E-state index contributed by atoms with van der Waals surface area (Å²) in [5, 5.41) is 8.71. The molecule has 19 heteroatoms. The van der Waals surface area contributed by atoms with E-state index in [9.17, 15) is 28.8 Å². The zero-order chi connectivity index (χ0) is 55.8. The Morgan fingerprint density at radius 2 is 0.853 bits per heavy atom. The number of carboxylic acids is 1. The van der Waals surface area contributed by atoms with Crippen LogP contribution in [0.25, 0.3) is 0 Å². The Bertz CT molecular complexity index is 2300. The van der Waals surface area contributed by atoms with Crippen LogP contribution in [0.1, 0.15) is 147 Å². The van der Waals surface area contributed by atoms with E-state index in [-0.39, 0.29) is 19.7 Å². The van der Waals surface area contributed by atoms with Gasteiger partial charge in [0, 0.05) is 61.6 Å². The van der Waals surface area contributed by atoms with E-state index < -0.39 is 5.97 Å². The molecule has 0 aromatic carbocycles. The van der Waals surface area contributed by atoms with E-state index in [1.165, 1.54) is 108 Å². The van der Waals surface area contributed by atoms with E-state index >= 15 is 0 Å². The fraction of sp³-hybridized carbons (Fsp3) is 0.536. The van der Waals surface area contributed by atoms with Crippen molar-refractivity contribution in [2.24, 2.45) is 0 Å². The molecule has 0 aliphatic heterocycles. The topological polar surface area (TPSA) is 187 Å². The Morgan fingerprint density at radius 1 is 0.440 bits per heavy atom. The lowest BCUT2D eigenvalue weighted by Gasteiger charge is -2.05. The summed E-state index contributed by atoms with van der Waals surface area (Å²) in [6, 6.07) is 8.58. The molecular weight excluding hydrogens is 1060 g/mol. The molecule has 14 nitrogen and oxygen atoms in total. The number of thiophene rings is 5. The number of aryl methyl sites for hydroxylation is 12. The standard InChI is InChI=1S/C15H24O2S.C13H20O2S.C12H16O4S.2C8H10O3S/c1-13-11-15(14(2)18-13)9-7-5-3-4-6-8-10-17-12-16;1-11-9-13(12(2)16-11)7-5-3-4-6-8-15-10-14;1-8-10(3-4-12(14)15)11(9(2)17-8)5-6-16-7-13;1-6-3-8(7(2)12-6)11-5-10-4-9;1-6-3-8(7(2)12-6)4-10-11-5-9/h11-12H,3-10H2,1-2H3;9-10H,3-8H2,1-2H3;7H,3-6H2,1-2H3,(H,14,15);3-4H,5H2,1-2H3;3,5H,4H2,1-2H3. The summed E-state index contributed by atoms with van der Waals surface area (Å²) in [7, 11) is 0. The van der Waals surface area contributed by atoms with Gasteiger partial charge in [0.2, 0.25) is 6.79 Å². The molecule has 5 heterocycles. The number of hydrogen-bond donors (Lipinski definition) is 1. The summed E-state index contributed by atoms with van der Waals surface area (Å²) < 4.78 is 23.5. The second kappa shape index (κ2) is 42.2. The Morgan fingerprint density at radius 3 is 1.27 bits per heavy atom. The first-order valence-corrected chi connectivity index (χ1v) is 29.2. The van der Waals surface area contributed by atoms with Gasteiger partial charge in [0.15, 0.2) is 0 Å². The molecule has 0 saturated heterocycles. The third-order valence-corrected chi connectivity index (χ3v) is 16.4. The fourth-order valence-corrected chi connectivity index (χ4v) is 12.6. The van der Waals surface area contributed by atoms with Gasteiger partial charge in [0.1, 0.15) is 12.4 Å². The molecule has 0 radical (unpaired) electrons. The minimum Gasteiger partial charge on any atom is -0.481 e. The molecule has 5 rings (SSSR count). The van der Waals surface area contributed by atoms with Crippen molar-refractivity contribution in [1.82, 2.24) is 0 Å². The molecule has 5 aromatic rings. The molecule has 5 aromatic heterocycles. The van der Waals surface area contributed by atoms with E-state index in [0.29, 0.717) is 65.2 Å². The predicted molar refractivity (Wildman–Crippen MR) is 303 cm³/mol. The van der Waals surface area contributed by atoms with Crippen molar-refractivity contribution < 1.29 is 67.3 Å². The Kier molecular flexibility index (Phi) is 38.3. The third-order valence-electron chi connectivity index (χ3n) is 11.3. The number of carboxylic acid groups (broad SMARTS) is 1. The maximum Gasteiger partial charge on any atom is 0.330 e. The van der Waals surface area contributed by atoms with Crippen LogP contribution < -0.4 is 4.74 Å². The molecule has 75 heavy (non-hydrogen) atoms. The SMILES string of the molecule is Cc1cc(CCCCCCCCOC=O)c(C)s1.Cc1cc(CCCCCCOC=O)c(C)s1.Cc1cc(COOC=O)c(C)s1.Cc1cc(OCOC=O)c(C)s1.Cc1sc(C)c(CCC(=O)O)c1CCOC=O. The van der Waals surface area contributed by atoms with Gasteiger partial charge in [-0.25, -0.2) is 0 Å². The van der Waals surface area contributed by atoms with Crippen molar-refractivity contribution in [2.75, 3.05) is 26.6 Å². The molecule has 0 fully saturated rings. The molecule has 0 atom stereocenters. The number of hydrogen-bond acceptors (Lipinski definition) is 18. The molecule has 0 saturated carbocycles. The minimum absolute atomic E-state index is 0.0134. The van der Waals surface area contributed by atoms with E-state index in [1.807, 2.05) is 76.3 Å². The number of carbonyl (C=O) groups is 6. The Balaban J connectivity index is 0.000000473. The second-order valence-electron chi connectivity index (χ2n) is 17.3.